The molecule has 0 aliphatic carbocycles. The highest BCUT2D eigenvalue weighted by molar-refractivity contribution is 5.99. The molecule has 2 rings (SSSR count). The fourth-order valence-electron chi connectivity index (χ4n) is 2.71. The molecular weight excluding hydrogens is 243 g/mol. The van der Waals surface area contributed by atoms with Gasteiger partial charge in [0.05, 0.1) is 5.69 Å². The summed E-state index contributed by atoms with van der Waals surface area (Å²) in [5.74, 6) is -0.398. The first-order valence-electron chi connectivity index (χ1n) is 6.68. The van der Waals surface area contributed by atoms with E-state index >= 15 is 0 Å². The van der Waals surface area contributed by atoms with Gasteiger partial charge in [0.1, 0.15) is 5.82 Å². The van der Waals surface area contributed by atoms with Gasteiger partial charge in [-0.05, 0) is 40.0 Å². The number of hydrogen-bond acceptors (Lipinski definition) is 3. The Balaban J connectivity index is 2.39. The average Bonchev–Trinajstić information content (AvgIpc) is 2.35. The number of Topliss-reactive ketones (excluding diaryl/α,β-unsaturated/α-hetero) is 1. The molecule has 1 aromatic rings. The number of benzene rings is 1. The zero-order chi connectivity index (χ0) is 14.2. The van der Waals surface area contributed by atoms with Gasteiger partial charge in [0.2, 0.25) is 0 Å². The molecule has 1 aliphatic heterocycles. The van der Waals surface area contributed by atoms with Gasteiger partial charge < -0.3 is 4.90 Å². The molecular formula is C15H21FN2O. The van der Waals surface area contributed by atoms with Gasteiger partial charge in [-0.25, -0.2) is 4.39 Å². The number of rotatable bonds is 2. The van der Waals surface area contributed by atoms with E-state index in [0.717, 1.165) is 13.1 Å². The molecule has 0 aromatic heterocycles. The van der Waals surface area contributed by atoms with E-state index in [-0.39, 0.29) is 11.6 Å². The van der Waals surface area contributed by atoms with Crippen LogP contribution in [0.2, 0.25) is 0 Å². The molecule has 19 heavy (non-hydrogen) atoms. The highest BCUT2D eigenvalue weighted by Crippen LogP contribution is 2.28. The van der Waals surface area contributed by atoms with Crippen LogP contribution in [0.25, 0.3) is 0 Å². The molecule has 104 valence electrons. The standard InChI is InChI=1S/C15H21FN2O/c1-10-8-18(9-11(2)17(10)4)15-13(12(3)19)6-5-7-14(15)16/h5-7,10-11H,8-9H2,1-4H3. The Morgan fingerprint density at radius 1 is 1.26 bits per heavy atom. The summed E-state index contributed by atoms with van der Waals surface area (Å²) in [6.07, 6.45) is 0. The van der Waals surface area contributed by atoms with Crippen molar-refractivity contribution in [1.29, 1.82) is 0 Å². The number of likely N-dealkylation sites (N-methyl/N-ethyl adjacent to an activating group) is 1. The van der Waals surface area contributed by atoms with Crippen molar-refractivity contribution in [2.45, 2.75) is 32.9 Å². The van der Waals surface area contributed by atoms with E-state index in [1.807, 2.05) is 4.90 Å². The molecule has 0 bridgehead atoms. The van der Waals surface area contributed by atoms with E-state index in [0.29, 0.717) is 23.3 Å². The van der Waals surface area contributed by atoms with E-state index in [4.69, 9.17) is 0 Å². The highest BCUT2D eigenvalue weighted by atomic mass is 19.1. The fraction of sp³-hybridized carbons (Fsp3) is 0.533. The zero-order valence-corrected chi connectivity index (χ0v) is 12.0. The lowest BCUT2D eigenvalue weighted by Gasteiger charge is -2.44. The Hall–Kier alpha value is -1.42. The summed E-state index contributed by atoms with van der Waals surface area (Å²) >= 11 is 0. The lowest BCUT2D eigenvalue weighted by atomic mass is 10.0. The van der Waals surface area contributed by atoms with E-state index in [1.54, 1.807) is 12.1 Å². The van der Waals surface area contributed by atoms with Crippen LogP contribution in [0.3, 0.4) is 0 Å². The topological polar surface area (TPSA) is 23.6 Å². The summed E-state index contributed by atoms with van der Waals surface area (Å²) in [6, 6.07) is 5.40. The van der Waals surface area contributed by atoms with Gasteiger partial charge in [-0.15, -0.1) is 0 Å². The van der Waals surface area contributed by atoms with Crippen LogP contribution in [0.1, 0.15) is 31.1 Å². The molecule has 2 atom stereocenters. The largest absolute Gasteiger partial charge is 0.365 e. The Kier molecular flexibility index (Phi) is 3.90. The molecule has 1 saturated heterocycles. The van der Waals surface area contributed by atoms with Crippen LogP contribution in [0, 0.1) is 5.82 Å². The van der Waals surface area contributed by atoms with Crippen molar-refractivity contribution in [3.63, 3.8) is 0 Å². The highest BCUT2D eigenvalue weighted by Gasteiger charge is 2.29. The second kappa shape index (κ2) is 5.29. The molecule has 0 spiro atoms. The van der Waals surface area contributed by atoms with E-state index in [2.05, 4.69) is 25.8 Å². The first-order chi connectivity index (χ1) is 8.91. The van der Waals surface area contributed by atoms with Crippen LogP contribution in [0.15, 0.2) is 18.2 Å². The third kappa shape index (κ3) is 2.63. The minimum Gasteiger partial charge on any atom is -0.365 e. The van der Waals surface area contributed by atoms with Gasteiger partial charge in [0.25, 0.3) is 0 Å². The molecule has 1 fully saturated rings. The molecule has 0 N–H and O–H groups in total. The normalized spacial score (nSPS) is 24.6. The number of piperazine rings is 1. The molecule has 1 heterocycles. The van der Waals surface area contributed by atoms with E-state index in [1.165, 1.54) is 13.0 Å². The molecule has 0 amide bonds. The third-order valence-corrected chi connectivity index (χ3v) is 4.04. The second-order valence-electron chi connectivity index (χ2n) is 5.46. The summed E-state index contributed by atoms with van der Waals surface area (Å²) in [4.78, 5) is 16.0. The Labute approximate surface area is 114 Å². The number of nitrogens with zero attached hydrogens (tertiary/aromatic N) is 2. The lowest BCUT2D eigenvalue weighted by Crippen LogP contribution is -2.55. The molecule has 4 heteroatoms. The number of para-hydroxylation sites is 1. The number of ketones is 1. The van der Waals surface area contributed by atoms with Crippen molar-refractivity contribution in [1.82, 2.24) is 4.90 Å². The summed E-state index contributed by atoms with van der Waals surface area (Å²) < 4.78 is 14.1. The van der Waals surface area contributed by atoms with E-state index < -0.39 is 0 Å². The predicted molar refractivity (Wildman–Crippen MR) is 75.3 cm³/mol. The van der Waals surface area contributed by atoms with Crippen LogP contribution in [-0.2, 0) is 0 Å². The summed E-state index contributed by atoms with van der Waals surface area (Å²) in [6.45, 7) is 7.21. The van der Waals surface area contributed by atoms with Crippen molar-refractivity contribution in [3.05, 3.63) is 29.6 Å². The first-order valence-corrected chi connectivity index (χ1v) is 6.68. The minimum atomic E-state index is -0.309. The van der Waals surface area contributed by atoms with Gasteiger partial charge in [-0.1, -0.05) is 6.07 Å². The lowest BCUT2D eigenvalue weighted by molar-refractivity contribution is 0.101. The monoisotopic (exact) mass is 264 g/mol. The quantitative estimate of drug-likeness (QED) is 0.767. The summed E-state index contributed by atoms with van der Waals surface area (Å²) in [5, 5.41) is 0. The number of carbonyl (C=O) groups is 1. The maximum absolute atomic E-state index is 14.1. The summed E-state index contributed by atoms with van der Waals surface area (Å²) in [5.41, 5.74) is 0.936. The van der Waals surface area contributed by atoms with Gasteiger partial charge in [0.15, 0.2) is 5.78 Å². The van der Waals surface area contributed by atoms with Crippen molar-refractivity contribution < 1.29 is 9.18 Å². The molecule has 1 aliphatic rings. The minimum absolute atomic E-state index is 0.0891. The molecule has 1 aromatic carbocycles. The van der Waals surface area contributed by atoms with Gasteiger partial charge in [-0.3, -0.25) is 9.69 Å². The maximum Gasteiger partial charge on any atom is 0.161 e. The fourth-order valence-corrected chi connectivity index (χ4v) is 2.71. The van der Waals surface area contributed by atoms with Crippen molar-refractivity contribution in [3.8, 4) is 0 Å². The molecule has 0 radical (unpaired) electrons. The van der Waals surface area contributed by atoms with Crippen LogP contribution in [0.5, 0.6) is 0 Å². The van der Waals surface area contributed by atoms with Crippen LogP contribution < -0.4 is 4.90 Å². The first kappa shape index (κ1) is 14.0. The number of carbonyl (C=O) groups excluding carboxylic acids is 1. The van der Waals surface area contributed by atoms with E-state index in [9.17, 15) is 9.18 Å². The van der Waals surface area contributed by atoms with Gasteiger partial charge >= 0.3 is 0 Å². The summed E-state index contributed by atoms with van der Waals surface area (Å²) in [7, 11) is 2.08. The molecule has 2 unspecified atom stereocenters. The molecule has 0 saturated carbocycles. The number of halogens is 1. The Morgan fingerprint density at radius 2 is 1.84 bits per heavy atom. The maximum atomic E-state index is 14.1. The van der Waals surface area contributed by atoms with Crippen molar-refractivity contribution >= 4 is 11.5 Å². The molecule has 3 nitrogen and oxygen atoms in total. The van der Waals surface area contributed by atoms with Crippen LogP contribution >= 0.6 is 0 Å². The van der Waals surface area contributed by atoms with Crippen LogP contribution in [-0.4, -0.2) is 42.9 Å². The third-order valence-electron chi connectivity index (χ3n) is 4.04. The number of hydrogen-bond donors (Lipinski definition) is 0. The van der Waals surface area contributed by atoms with Gasteiger partial charge in [0, 0.05) is 30.7 Å². The zero-order valence-electron chi connectivity index (χ0n) is 12.0. The number of anilines is 1. The predicted octanol–water partition coefficient (Wildman–Crippen LogP) is 2.56. The van der Waals surface area contributed by atoms with Crippen molar-refractivity contribution in [2.75, 3.05) is 25.0 Å². The van der Waals surface area contributed by atoms with Gasteiger partial charge in [-0.2, -0.15) is 0 Å². The average molecular weight is 264 g/mol. The Morgan fingerprint density at radius 3 is 2.37 bits per heavy atom. The van der Waals surface area contributed by atoms with Crippen molar-refractivity contribution in [2.24, 2.45) is 0 Å². The smallest absolute Gasteiger partial charge is 0.161 e. The van der Waals surface area contributed by atoms with Crippen LogP contribution in [0.4, 0.5) is 10.1 Å². The second-order valence-corrected chi connectivity index (χ2v) is 5.46. The SMILES string of the molecule is CC(=O)c1cccc(F)c1N1CC(C)N(C)C(C)C1. The Bertz CT molecular complexity index is 477.